The predicted molar refractivity (Wildman–Crippen MR) is 28.6 cm³/mol. The van der Waals surface area contributed by atoms with E-state index in [4.69, 9.17) is 10.5 Å². The first-order valence-corrected chi connectivity index (χ1v) is 2.12. The second kappa shape index (κ2) is 2.42. The van der Waals surface area contributed by atoms with Crippen LogP contribution in [0.3, 0.4) is 0 Å². The van der Waals surface area contributed by atoms with E-state index in [-0.39, 0.29) is 0 Å². The fraction of sp³-hybridized carbons (Fsp3) is 0.500. The summed E-state index contributed by atoms with van der Waals surface area (Å²) < 4.78 is 0. The average Bonchev–Trinajstić information content (AvgIpc) is 1.64. The van der Waals surface area contributed by atoms with E-state index < -0.39 is 17.7 Å². The van der Waals surface area contributed by atoms with Crippen molar-refractivity contribution in [1.82, 2.24) is 0 Å². The normalized spacial score (nSPS) is 12.8. The molecule has 46 valence electrons. The van der Waals surface area contributed by atoms with Crippen molar-refractivity contribution in [3.63, 3.8) is 0 Å². The maximum atomic E-state index is 9.98. The van der Waals surface area contributed by atoms with Crippen molar-refractivity contribution in [2.75, 3.05) is 0 Å². The summed E-state index contributed by atoms with van der Waals surface area (Å²) in [6.07, 6.45) is -1.05. The van der Waals surface area contributed by atoms with Gasteiger partial charge in [-0.05, 0) is 6.92 Å². The lowest BCUT2D eigenvalue weighted by Crippen LogP contribution is -2.30. The predicted octanol–water partition coefficient (Wildman–Crippen LogP) is -1.13. The summed E-state index contributed by atoms with van der Waals surface area (Å²) in [5.74, 6) is -0.875. The third-order valence-electron chi connectivity index (χ3n) is 0.683. The minimum Gasteiger partial charge on any atom is -0.387 e. The summed E-state index contributed by atoms with van der Waals surface area (Å²) in [6, 6.07) is 0. The van der Waals surface area contributed by atoms with Crippen LogP contribution in [-0.2, 0) is 4.79 Å². The summed E-state index contributed by atoms with van der Waals surface area (Å²) in [5, 5.41) is 15.1. The van der Waals surface area contributed by atoms with Crippen LogP contribution in [0.15, 0.2) is 0 Å². The van der Waals surface area contributed by atoms with Gasteiger partial charge in [0.1, 0.15) is 5.71 Å². The minimum atomic E-state index is -1.05. The van der Waals surface area contributed by atoms with Crippen LogP contribution in [0.4, 0.5) is 0 Å². The number of nitrogens with one attached hydrogen (secondary N) is 1. The van der Waals surface area contributed by atoms with E-state index >= 15 is 0 Å². The van der Waals surface area contributed by atoms with Gasteiger partial charge in [0.2, 0.25) is 0 Å². The van der Waals surface area contributed by atoms with Crippen molar-refractivity contribution < 1.29 is 9.90 Å². The maximum absolute atomic E-state index is 9.98. The molecule has 0 aliphatic rings. The monoisotopic (exact) mass is 116 g/mol. The molecule has 0 radical (unpaired) electrons. The first-order valence-electron chi connectivity index (χ1n) is 2.12. The lowest BCUT2D eigenvalue weighted by molar-refractivity contribution is -0.112. The molecule has 4 heteroatoms. The Labute approximate surface area is 46.8 Å². The zero-order valence-corrected chi connectivity index (χ0v) is 4.51. The molecule has 0 saturated heterocycles. The number of aliphatic hydroxyl groups is 1. The molecule has 1 amide bonds. The third-order valence-corrected chi connectivity index (χ3v) is 0.683. The van der Waals surface area contributed by atoms with Gasteiger partial charge in [-0.15, -0.1) is 0 Å². The molecule has 0 fully saturated rings. The van der Waals surface area contributed by atoms with Gasteiger partial charge in [-0.25, -0.2) is 0 Å². The molecule has 0 aliphatic heterocycles. The zero-order chi connectivity index (χ0) is 6.73. The highest BCUT2D eigenvalue weighted by molar-refractivity contribution is 6.38. The van der Waals surface area contributed by atoms with Gasteiger partial charge in [0, 0.05) is 0 Å². The lowest BCUT2D eigenvalue weighted by atomic mass is 10.2. The van der Waals surface area contributed by atoms with Gasteiger partial charge in [0.25, 0.3) is 5.91 Å². The Bertz CT molecular complexity index is 119. The highest BCUT2D eigenvalue weighted by atomic mass is 16.3. The second-order valence-electron chi connectivity index (χ2n) is 1.45. The average molecular weight is 116 g/mol. The van der Waals surface area contributed by atoms with Crippen LogP contribution in [0, 0.1) is 5.41 Å². The van der Waals surface area contributed by atoms with Crippen LogP contribution >= 0.6 is 0 Å². The molecule has 0 aromatic rings. The number of hydrogen-bond acceptors (Lipinski definition) is 3. The number of primary amides is 1. The fourth-order valence-electron chi connectivity index (χ4n) is 0.206. The Morgan fingerprint density at radius 2 is 2.25 bits per heavy atom. The van der Waals surface area contributed by atoms with Crippen molar-refractivity contribution in [3.05, 3.63) is 0 Å². The topological polar surface area (TPSA) is 87.2 Å². The first kappa shape index (κ1) is 7.10. The van der Waals surface area contributed by atoms with E-state index in [9.17, 15) is 4.79 Å². The van der Waals surface area contributed by atoms with E-state index in [1.807, 2.05) is 0 Å². The molecule has 0 saturated carbocycles. The van der Waals surface area contributed by atoms with Crippen molar-refractivity contribution in [2.45, 2.75) is 13.0 Å². The molecule has 0 aliphatic carbocycles. The third kappa shape index (κ3) is 1.70. The molecule has 1 atom stereocenters. The molecule has 8 heavy (non-hydrogen) atoms. The Morgan fingerprint density at radius 3 is 2.25 bits per heavy atom. The van der Waals surface area contributed by atoms with Gasteiger partial charge in [-0.1, -0.05) is 0 Å². The fourth-order valence-corrected chi connectivity index (χ4v) is 0.206. The van der Waals surface area contributed by atoms with Gasteiger partial charge in [-0.3, -0.25) is 10.2 Å². The highest BCUT2D eigenvalue weighted by Crippen LogP contribution is 1.80. The lowest BCUT2D eigenvalue weighted by Gasteiger charge is -1.98. The van der Waals surface area contributed by atoms with E-state index in [1.165, 1.54) is 6.92 Å². The van der Waals surface area contributed by atoms with E-state index in [0.717, 1.165) is 0 Å². The summed E-state index contributed by atoms with van der Waals surface area (Å²) >= 11 is 0. The molecule has 0 heterocycles. The number of rotatable bonds is 2. The van der Waals surface area contributed by atoms with Crippen molar-refractivity contribution in [1.29, 1.82) is 5.41 Å². The summed E-state index contributed by atoms with van der Waals surface area (Å²) in [4.78, 5) is 9.98. The van der Waals surface area contributed by atoms with E-state index in [1.54, 1.807) is 0 Å². The van der Waals surface area contributed by atoms with Crippen LogP contribution in [0.2, 0.25) is 0 Å². The number of amides is 1. The van der Waals surface area contributed by atoms with Crippen LogP contribution in [0.25, 0.3) is 0 Å². The Morgan fingerprint density at radius 1 is 1.88 bits per heavy atom. The van der Waals surface area contributed by atoms with Crippen molar-refractivity contribution in [3.8, 4) is 0 Å². The van der Waals surface area contributed by atoms with Gasteiger partial charge >= 0.3 is 0 Å². The Hall–Kier alpha value is -0.900. The molecular weight excluding hydrogens is 108 g/mol. The number of aliphatic hydroxyl groups excluding tert-OH is 1. The molecule has 0 rings (SSSR count). The van der Waals surface area contributed by atoms with Crippen molar-refractivity contribution >= 4 is 11.6 Å². The molecule has 4 nitrogen and oxygen atoms in total. The van der Waals surface area contributed by atoms with Crippen LogP contribution in [0.1, 0.15) is 6.92 Å². The number of carbonyl (C=O) groups excluding carboxylic acids is 1. The minimum absolute atomic E-state index is 0.454. The quantitative estimate of drug-likeness (QED) is 0.399. The van der Waals surface area contributed by atoms with Crippen LogP contribution in [0.5, 0.6) is 0 Å². The van der Waals surface area contributed by atoms with E-state index in [2.05, 4.69) is 5.73 Å². The SMILES string of the molecule is C[C@@H](O)C(=N)C(N)=O. The summed E-state index contributed by atoms with van der Waals surface area (Å²) in [5.41, 5.74) is 4.16. The largest absolute Gasteiger partial charge is 0.387 e. The molecule has 0 spiro atoms. The van der Waals surface area contributed by atoms with Gasteiger partial charge in [-0.2, -0.15) is 0 Å². The van der Waals surface area contributed by atoms with Gasteiger partial charge in [0.05, 0.1) is 6.10 Å². The summed E-state index contributed by atoms with van der Waals surface area (Å²) in [6.45, 7) is 1.31. The standard InChI is InChI=1S/C4H8N2O2/c1-2(7)3(5)4(6)8/h2,5,7H,1H3,(H2,6,8)/t2-/m1/s1. The number of nitrogens with two attached hydrogens (primary N) is 1. The Kier molecular flexibility index (Phi) is 2.15. The Balaban J connectivity index is 3.84. The molecular formula is C4H8N2O2. The van der Waals surface area contributed by atoms with Gasteiger partial charge < -0.3 is 10.8 Å². The summed E-state index contributed by atoms with van der Waals surface area (Å²) in [7, 11) is 0. The molecule has 0 bridgehead atoms. The first-order chi connectivity index (χ1) is 3.55. The zero-order valence-electron chi connectivity index (χ0n) is 4.51. The highest BCUT2D eigenvalue weighted by Gasteiger charge is 2.08. The maximum Gasteiger partial charge on any atom is 0.265 e. The van der Waals surface area contributed by atoms with Gasteiger partial charge in [0.15, 0.2) is 0 Å². The molecule has 0 aromatic heterocycles. The number of hydrogen-bond donors (Lipinski definition) is 3. The molecule has 4 N–H and O–H groups in total. The van der Waals surface area contributed by atoms with Crippen LogP contribution < -0.4 is 5.73 Å². The molecule has 0 unspecified atom stereocenters. The van der Waals surface area contributed by atoms with Crippen LogP contribution in [-0.4, -0.2) is 22.8 Å². The molecule has 0 aromatic carbocycles. The number of carbonyl (C=O) groups is 1. The second-order valence-corrected chi connectivity index (χ2v) is 1.45. The van der Waals surface area contributed by atoms with E-state index in [0.29, 0.717) is 0 Å². The van der Waals surface area contributed by atoms with Crippen molar-refractivity contribution in [2.24, 2.45) is 5.73 Å². The smallest absolute Gasteiger partial charge is 0.265 e.